The van der Waals surface area contributed by atoms with Gasteiger partial charge in [-0.05, 0) is 67.6 Å². The van der Waals surface area contributed by atoms with Crippen LogP contribution in [0, 0.1) is 41.4 Å². The van der Waals surface area contributed by atoms with Gasteiger partial charge in [0.2, 0.25) is 0 Å². The van der Waals surface area contributed by atoms with Crippen molar-refractivity contribution in [3.05, 3.63) is 0 Å². The Kier molecular flexibility index (Phi) is 4.76. The lowest BCUT2D eigenvalue weighted by Crippen LogP contribution is -2.35. The Bertz CT molecular complexity index is 321. The molecule has 0 amide bonds. The smallest absolute Gasteiger partial charge is 0.171 e. The summed E-state index contributed by atoms with van der Waals surface area (Å²) in [5, 5.41) is 0. The molecule has 0 N–H and O–H groups in total. The lowest BCUT2D eigenvalue weighted by atomic mass is 9.63. The third kappa shape index (κ3) is 3.71. The van der Waals surface area contributed by atoms with Gasteiger partial charge in [0.15, 0.2) is 0 Å². The van der Waals surface area contributed by atoms with Gasteiger partial charge in [-0.25, -0.2) is 0 Å². The zero-order valence-electron chi connectivity index (χ0n) is 13.2. The van der Waals surface area contributed by atoms with Gasteiger partial charge in [0.1, 0.15) is 0 Å². The molecule has 6 atom stereocenters. The molecule has 0 aromatic rings. The van der Waals surface area contributed by atoms with E-state index in [4.69, 9.17) is 0 Å². The minimum absolute atomic E-state index is 0.317. The largest absolute Gasteiger partial charge is 0.391 e. The first-order chi connectivity index (χ1) is 9.20. The predicted molar refractivity (Wildman–Crippen MR) is 76.3 cm³/mol. The molecule has 0 heterocycles. The summed E-state index contributed by atoms with van der Waals surface area (Å²) in [4.78, 5) is 0. The highest BCUT2D eigenvalue weighted by Crippen LogP contribution is 2.52. The van der Waals surface area contributed by atoms with E-state index < -0.39 is 12.1 Å². The third-order valence-corrected chi connectivity index (χ3v) is 5.93. The van der Waals surface area contributed by atoms with Crippen LogP contribution in [-0.4, -0.2) is 6.18 Å². The van der Waals surface area contributed by atoms with Crippen LogP contribution in [-0.2, 0) is 0 Å². The van der Waals surface area contributed by atoms with Crippen molar-refractivity contribution in [2.75, 3.05) is 0 Å². The van der Waals surface area contributed by atoms with Gasteiger partial charge in [0.25, 0.3) is 0 Å². The second-order valence-electron chi connectivity index (χ2n) is 7.80. The van der Waals surface area contributed by atoms with E-state index in [2.05, 4.69) is 20.8 Å². The number of hydrogen-bond donors (Lipinski definition) is 0. The summed E-state index contributed by atoms with van der Waals surface area (Å²) in [6.45, 7) is 8.18. The number of halogens is 3. The highest BCUT2D eigenvalue weighted by Gasteiger charge is 2.45. The molecular weight excluding hydrogens is 261 g/mol. The van der Waals surface area contributed by atoms with Crippen LogP contribution in [0.4, 0.5) is 13.2 Å². The van der Waals surface area contributed by atoms with Crippen molar-refractivity contribution in [1.82, 2.24) is 0 Å². The normalized spacial score (nSPS) is 36.6. The van der Waals surface area contributed by atoms with Crippen LogP contribution in [0.5, 0.6) is 0 Å². The van der Waals surface area contributed by atoms with E-state index in [0.717, 1.165) is 30.6 Å². The molecule has 2 fully saturated rings. The van der Waals surface area contributed by atoms with E-state index in [1.807, 2.05) is 0 Å². The molecule has 0 bridgehead atoms. The van der Waals surface area contributed by atoms with Gasteiger partial charge in [-0.1, -0.05) is 27.7 Å². The standard InChI is InChI=1S/C17H29F3/c1-10(2)16-9-14(16)7-11(3)15-6-5-13(15)8-12(4)17(18,19)20/h10-16H,5-9H2,1-4H3. The fourth-order valence-corrected chi connectivity index (χ4v) is 4.24. The molecule has 3 heteroatoms. The SMILES string of the molecule is CC(C)C1CC1CC(C)C1CCC1CC(C)C(F)(F)F. The zero-order valence-corrected chi connectivity index (χ0v) is 13.2. The van der Waals surface area contributed by atoms with Gasteiger partial charge in [-0.3, -0.25) is 0 Å². The summed E-state index contributed by atoms with van der Waals surface area (Å²) < 4.78 is 38.0. The quantitative estimate of drug-likeness (QED) is 0.569. The van der Waals surface area contributed by atoms with Crippen molar-refractivity contribution < 1.29 is 13.2 Å². The summed E-state index contributed by atoms with van der Waals surface area (Å²) in [6, 6.07) is 0. The lowest BCUT2D eigenvalue weighted by Gasteiger charge is -2.42. The second-order valence-corrected chi connectivity index (χ2v) is 7.80. The van der Waals surface area contributed by atoms with E-state index in [1.54, 1.807) is 0 Å². The number of hydrogen-bond acceptors (Lipinski definition) is 0. The maximum absolute atomic E-state index is 12.7. The fourth-order valence-electron chi connectivity index (χ4n) is 4.24. The van der Waals surface area contributed by atoms with E-state index >= 15 is 0 Å². The van der Waals surface area contributed by atoms with Crippen molar-refractivity contribution >= 4 is 0 Å². The molecule has 0 aliphatic heterocycles. The first kappa shape index (κ1) is 16.2. The Morgan fingerprint density at radius 1 is 0.900 bits per heavy atom. The number of rotatable bonds is 6. The van der Waals surface area contributed by atoms with Gasteiger partial charge >= 0.3 is 6.18 Å². The predicted octanol–water partition coefficient (Wildman–Crippen LogP) is 5.92. The molecular formula is C17H29F3. The van der Waals surface area contributed by atoms with Gasteiger partial charge in [0, 0.05) is 0 Å². The molecule has 0 aromatic carbocycles. The lowest BCUT2D eigenvalue weighted by molar-refractivity contribution is -0.178. The van der Waals surface area contributed by atoms with E-state index in [9.17, 15) is 13.2 Å². The Morgan fingerprint density at radius 3 is 1.95 bits per heavy atom. The monoisotopic (exact) mass is 290 g/mol. The van der Waals surface area contributed by atoms with E-state index in [0.29, 0.717) is 24.2 Å². The zero-order chi connectivity index (χ0) is 15.1. The number of alkyl halides is 3. The van der Waals surface area contributed by atoms with Crippen LogP contribution in [0.25, 0.3) is 0 Å². The van der Waals surface area contributed by atoms with Crippen molar-refractivity contribution in [2.45, 2.75) is 66.0 Å². The highest BCUT2D eigenvalue weighted by molar-refractivity contribution is 4.93. The molecule has 118 valence electrons. The molecule has 20 heavy (non-hydrogen) atoms. The minimum atomic E-state index is -4.01. The fraction of sp³-hybridized carbons (Fsp3) is 1.00. The molecule has 2 aliphatic rings. The first-order valence-electron chi connectivity index (χ1n) is 8.26. The summed E-state index contributed by atoms with van der Waals surface area (Å²) in [5.41, 5.74) is 0. The first-order valence-corrected chi connectivity index (χ1v) is 8.26. The average molecular weight is 290 g/mol. The molecule has 0 radical (unpaired) electrons. The van der Waals surface area contributed by atoms with Crippen LogP contribution in [0.2, 0.25) is 0 Å². The van der Waals surface area contributed by atoms with E-state index in [1.165, 1.54) is 19.8 Å². The summed E-state index contributed by atoms with van der Waals surface area (Å²) in [6.07, 6.45) is 1.07. The minimum Gasteiger partial charge on any atom is -0.171 e. The summed E-state index contributed by atoms with van der Waals surface area (Å²) in [5.74, 6) is 2.85. The van der Waals surface area contributed by atoms with Crippen molar-refractivity contribution in [2.24, 2.45) is 41.4 Å². The maximum atomic E-state index is 12.7. The molecule has 2 aliphatic carbocycles. The van der Waals surface area contributed by atoms with Crippen molar-refractivity contribution in [3.8, 4) is 0 Å². The Balaban J connectivity index is 1.76. The van der Waals surface area contributed by atoms with Crippen LogP contribution >= 0.6 is 0 Å². The van der Waals surface area contributed by atoms with Crippen LogP contribution in [0.3, 0.4) is 0 Å². The van der Waals surface area contributed by atoms with Gasteiger partial charge in [-0.15, -0.1) is 0 Å². The Labute approximate surface area is 121 Å². The van der Waals surface area contributed by atoms with Crippen LogP contribution in [0.15, 0.2) is 0 Å². The molecule has 0 aromatic heterocycles. The van der Waals surface area contributed by atoms with Gasteiger partial charge < -0.3 is 0 Å². The summed E-state index contributed by atoms with van der Waals surface area (Å²) in [7, 11) is 0. The van der Waals surface area contributed by atoms with Crippen molar-refractivity contribution in [1.29, 1.82) is 0 Å². The molecule has 0 spiro atoms. The van der Waals surface area contributed by atoms with Crippen LogP contribution < -0.4 is 0 Å². The van der Waals surface area contributed by atoms with Crippen LogP contribution in [0.1, 0.15) is 59.8 Å². The highest BCUT2D eigenvalue weighted by atomic mass is 19.4. The molecule has 6 unspecified atom stereocenters. The van der Waals surface area contributed by atoms with Gasteiger partial charge in [-0.2, -0.15) is 13.2 Å². The molecule has 2 saturated carbocycles. The average Bonchev–Trinajstić information content (AvgIpc) is 3.01. The third-order valence-electron chi connectivity index (χ3n) is 5.93. The molecule has 0 nitrogen and oxygen atoms in total. The van der Waals surface area contributed by atoms with E-state index in [-0.39, 0.29) is 0 Å². The Morgan fingerprint density at radius 2 is 1.55 bits per heavy atom. The second kappa shape index (κ2) is 5.88. The maximum Gasteiger partial charge on any atom is 0.391 e. The Hall–Kier alpha value is -0.210. The van der Waals surface area contributed by atoms with Crippen molar-refractivity contribution in [3.63, 3.8) is 0 Å². The topological polar surface area (TPSA) is 0 Å². The summed E-state index contributed by atoms with van der Waals surface area (Å²) >= 11 is 0. The molecule has 2 rings (SSSR count). The van der Waals surface area contributed by atoms with Gasteiger partial charge in [0.05, 0.1) is 5.92 Å². The molecule has 0 saturated heterocycles.